The fourth-order valence-corrected chi connectivity index (χ4v) is 3.95. The van der Waals surface area contributed by atoms with Crippen LogP contribution in [0.15, 0.2) is 65.1 Å². The van der Waals surface area contributed by atoms with Gasteiger partial charge in [-0.15, -0.1) is 0 Å². The van der Waals surface area contributed by atoms with Crippen molar-refractivity contribution >= 4 is 22.9 Å². The molecule has 0 aliphatic carbocycles. The van der Waals surface area contributed by atoms with Gasteiger partial charge >= 0.3 is 12.1 Å². The Morgan fingerprint density at radius 1 is 1.15 bits per heavy atom. The Hall–Kier alpha value is -3.94. The van der Waals surface area contributed by atoms with Crippen LogP contribution in [0, 0.1) is 9.81 Å². The normalized spacial score (nSPS) is 26.2. The monoisotopic (exact) mass is 470 g/mol. The molecular formula is C21H22N6O7. The summed E-state index contributed by atoms with van der Waals surface area (Å²) < 4.78 is 10.9. The zero-order valence-corrected chi connectivity index (χ0v) is 17.8. The van der Waals surface area contributed by atoms with E-state index in [0.717, 1.165) is 21.2 Å². The van der Waals surface area contributed by atoms with Crippen molar-refractivity contribution in [1.29, 1.82) is 0 Å². The first-order chi connectivity index (χ1) is 16.5. The van der Waals surface area contributed by atoms with Crippen LogP contribution < -0.4 is 16.5 Å². The number of rotatable bonds is 8. The number of urea groups is 1. The van der Waals surface area contributed by atoms with E-state index in [9.17, 15) is 19.4 Å². The summed E-state index contributed by atoms with van der Waals surface area (Å²) in [7, 11) is 0. The average molecular weight is 470 g/mol. The molecule has 4 rings (SSSR count). The van der Waals surface area contributed by atoms with Crippen LogP contribution in [0.1, 0.15) is 5.56 Å². The Morgan fingerprint density at radius 3 is 2.65 bits per heavy atom. The Kier molecular flexibility index (Phi) is 7.06. The summed E-state index contributed by atoms with van der Waals surface area (Å²) in [5.74, 6) is 5.03. The van der Waals surface area contributed by atoms with Crippen LogP contribution in [0.2, 0.25) is 0 Å². The van der Waals surface area contributed by atoms with E-state index >= 15 is 0 Å². The zero-order chi connectivity index (χ0) is 24.1. The van der Waals surface area contributed by atoms with Gasteiger partial charge in [0, 0.05) is 6.20 Å². The molecule has 1 fully saturated rings. The number of nitrogens with two attached hydrogens (primary N) is 1. The first-order valence-corrected chi connectivity index (χ1v) is 10.3. The molecule has 178 valence electrons. The molecule has 0 saturated carbocycles. The predicted octanol–water partition coefficient (Wildman–Crippen LogP) is 1.82. The maximum atomic E-state index is 12.6. The van der Waals surface area contributed by atoms with Crippen LogP contribution in [0.3, 0.4) is 0 Å². The molecule has 2 aromatic carbocycles. The van der Waals surface area contributed by atoms with Gasteiger partial charge in [-0.2, -0.15) is 9.81 Å². The van der Waals surface area contributed by atoms with Crippen LogP contribution >= 0.6 is 0 Å². The van der Waals surface area contributed by atoms with E-state index in [-0.39, 0.29) is 13.2 Å². The number of fused-ring (bicyclic) bond motifs is 1. The average Bonchev–Trinajstić information content (AvgIpc) is 3.20. The van der Waals surface area contributed by atoms with E-state index in [1.54, 1.807) is 0 Å². The molecule has 0 aromatic heterocycles. The van der Waals surface area contributed by atoms with Crippen molar-refractivity contribution in [2.45, 2.75) is 37.2 Å². The summed E-state index contributed by atoms with van der Waals surface area (Å²) in [5, 5.41) is 12.8. The van der Waals surface area contributed by atoms with Gasteiger partial charge in [0.1, 0.15) is 18.9 Å². The standard InChI is InChI=1S/C21H22N6O7/c22-33-11-15-17(25-30)18(26-31)19(34-15)27-9-8-16(23-20(27)28)24-21(29)32-10-13-6-3-5-12-4-1-2-7-14(12)13/h1-9,15-19H,10-11,22H2,(H,23,28)(H,24,29). The van der Waals surface area contributed by atoms with Crippen LogP contribution in [0.25, 0.3) is 10.8 Å². The van der Waals surface area contributed by atoms with Gasteiger partial charge in [-0.3, -0.25) is 10.2 Å². The number of benzene rings is 2. The number of ether oxygens (including phenoxy) is 2. The number of carbonyl (C=O) groups is 2. The summed E-state index contributed by atoms with van der Waals surface area (Å²) in [6.07, 6.45) is -1.01. The van der Waals surface area contributed by atoms with E-state index in [2.05, 4.69) is 25.8 Å². The number of carbonyl (C=O) groups excluding carboxylic acids is 2. The molecule has 0 radical (unpaired) electrons. The highest BCUT2D eigenvalue weighted by molar-refractivity contribution is 5.85. The second kappa shape index (κ2) is 10.3. The van der Waals surface area contributed by atoms with E-state index < -0.39 is 42.7 Å². The molecule has 4 N–H and O–H groups in total. The highest BCUT2D eigenvalue weighted by atomic mass is 16.6. The fourth-order valence-electron chi connectivity index (χ4n) is 3.95. The maximum absolute atomic E-state index is 12.6. The minimum Gasteiger partial charge on any atom is -0.445 e. The van der Waals surface area contributed by atoms with E-state index in [1.807, 2.05) is 42.5 Å². The molecule has 2 aromatic rings. The number of nitrogens with one attached hydrogen (secondary N) is 2. The lowest BCUT2D eigenvalue weighted by Crippen LogP contribution is -2.57. The van der Waals surface area contributed by atoms with Gasteiger partial charge in [0.25, 0.3) is 0 Å². The second-order valence-corrected chi connectivity index (χ2v) is 7.63. The van der Waals surface area contributed by atoms with E-state index in [0.29, 0.717) is 0 Å². The topological polar surface area (TPSA) is 174 Å². The van der Waals surface area contributed by atoms with Gasteiger partial charge in [0.05, 0.1) is 6.61 Å². The number of hydrogen-bond acceptors (Lipinski definition) is 10. The Labute approximate surface area is 193 Å². The fraction of sp³-hybridized carbons (Fsp3) is 0.333. The lowest BCUT2D eigenvalue weighted by molar-refractivity contribution is -0.0571. The van der Waals surface area contributed by atoms with Crippen LogP contribution in [0.5, 0.6) is 0 Å². The first-order valence-electron chi connectivity index (χ1n) is 10.3. The first kappa shape index (κ1) is 23.2. The third-order valence-electron chi connectivity index (χ3n) is 5.58. The minimum atomic E-state index is -1.26. The van der Waals surface area contributed by atoms with Gasteiger partial charge in [-0.1, -0.05) is 52.8 Å². The van der Waals surface area contributed by atoms with Crippen LogP contribution in [-0.4, -0.2) is 54.2 Å². The summed E-state index contributed by atoms with van der Waals surface area (Å²) >= 11 is 0. The molecular weight excluding hydrogens is 448 g/mol. The minimum absolute atomic E-state index is 0.0387. The van der Waals surface area contributed by atoms with Gasteiger partial charge < -0.3 is 19.6 Å². The highest BCUT2D eigenvalue weighted by Crippen LogP contribution is 2.30. The Balaban J connectivity index is 1.36. The molecule has 34 heavy (non-hydrogen) atoms. The van der Waals surface area contributed by atoms with Crippen molar-refractivity contribution in [3.8, 4) is 0 Å². The lowest BCUT2D eigenvalue weighted by Gasteiger charge is -2.32. The van der Waals surface area contributed by atoms with E-state index in [1.165, 1.54) is 12.3 Å². The van der Waals surface area contributed by atoms with Crippen molar-refractivity contribution in [1.82, 2.24) is 15.5 Å². The van der Waals surface area contributed by atoms with Crippen LogP contribution in [0.4, 0.5) is 9.59 Å². The molecule has 0 bridgehead atoms. The number of nitrogens with zero attached hydrogens (tertiary/aromatic N) is 3. The summed E-state index contributed by atoms with van der Waals surface area (Å²) in [6.45, 7) is -0.179. The molecule has 13 heteroatoms. The van der Waals surface area contributed by atoms with Crippen molar-refractivity contribution < 1.29 is 23.9 Å². The quantitative estimate of drug-likeness (QED) is 0.387. The van der Waals surface area contributed by atoms with Gasteiger partial charge in [-0.05, 0) is 22.4 Å². The summed E-state index contributed by atoms with van der Waals surface area (Å²) in [5.41, 5.74) is 0.836. The van der Waals surface area contributed by atoms with Gasteiger partial charge in [-0.25, -0.2) is 15.5 Å². The number of amides is 3. The second-order valence-electron chi connectivity index (χ2n) is 7.63. The highest BCUT2D eigenvalue weighted by Gasteiger charge is 2.51. The molecule has 5 atom stereocenters. The van der Waals surface area contributed by atoms with Crippen molar-refractivity contribution in [2.24, 2.45) is 16.3 Å². The van der Waals surface area contributed by atoms with Gasteiger partial charge in [0.15, 0.2) is 18.3 Å². The molecule has 1 saturated heterocycles. The SMILES string of the molecule is NOCC1OC(N2C=CC(NC(=O)OCc3cccc4ccccc34)NC2=O)C(N=O)C1N=O. The third kappa shape index (κ3) is 4.71. The maximum Gasteiger partial charge on any atom is 0.409 e. The van der Waals surface area contributed by atoms with Crippen molar-refractivity contribution in [3.05, 3.63) is 70.1 Å². The molecule has 2 aliphatic rings. The molecule has 5 unspecified atom stereocenters. The van der Waals surface area contributed by atoms with E-state index in [4.69, 9.17) is 15.4 Å². The molecule has 3 amide bonds. The molecule has 13 nitrogen and oxygen atoms in total. The third-order valence-corrected chi connectivity index (χ3v) is 5.58. The molecule has 2 aliphatic heterocycles. The lowest BCUT2D eigenvalue weighted by atomic mass is 10.1. The van der Waals surface area contributed by atoms with Crippen molar-refractivity contribution in [2.75, 3.05) is 6.61 Å². The van der Waals surface area contributed by atoms with Crippen molar-refractivity contribution in [3.63, 3.8) is 0 Å². The Bertz CT molecular complexity index is 1110. The summed E-state index contributed by atoms with van der Waals surface area (Å²) in [6, 6.07) is 10.3. The van der Waals surface area contributed by atoms with Gasteiger partial charge in [0.2, 0.25) is 0 Å². The number of alkyl carbamates (subject to hydrolysis) is 1. The van der Waals surface area contributed by atoms with Crippen LogP contribution in [-0.2, 0) is 20.9 Å². The summed E-state index contributed by atoms with van der Waals surface area (Å²) in [4.78, 5) is 52.9. The number of hydrogen-bond donors (Lipinski definition) is 3. The molecule has 0 spiro atoms. The predicted molar refractivity (Wildman–Crippen MR) is 119 cm³/mol. The Morgan fingerprint density at radius 2 is 1.91 bits per heavy atom. The largest absolute Gasteiger partial charge is 0.445 e. The number of nitroso groups, excluding NO2 is 2. The zero-order valence-electron chi connectivity index (χ0n) is 17.8. The molecule has 2 heterocycles. The smallest absolute Gasteiger partial charge is 0.409 e.